The van der Waals surface area contributed by atoms with Crippen LogP contribution in [-0.2, 0) is 30.3 Å². The molecular formula is C34H50N2O8. The quantitative estimate of drug-likeness (QED) is 0.116. The molecular weight excluding hydrogens is 564 g/mol. The molecule has 1 aromatic rings. The highest BCUT2D eigenvalue weighted by molar-refractivity contribution is 5.94. The van der Waals surface area contributed by atoms with E-state index in [1.54, 1.807) is 6.92 Å². The zero-order valence-electron chi connectivity index (χ0n) is 26.2. The van der Waals surface area contributed by atoms with Crippen LogP contribution in [0, 0.1) is 11.8 Å². The third-order valence-corrected chi connectivity index (χ3v) is 8.02. The number of cyclic esters (lactones) is 1. The molecule has 1 heterocycles. The number of benzene rings is 1. The van der Waals surface area contributed by atoms with Gasteiger partial charge in [0.2, 0.25) is 5.91 Å². The van der Waals surface area contributed by atoms with Crippen LogP contribution in [0.25, 0.3) is 0 Å². The SMILES string of the molecule is CC(=O)NCCCOC1/C=C/C[C@@H](C)OC(=O)c2c(O)cc(O)cc2CC(CNOCC(=O)C2CCCCCCC2)/C=C/C1. The number of hydrogen-bond acceptors (Lipinski definition) is 9. The average molecular weight is 615 g/mol. The van der Waals surface area contributed by atoms with Crippen molar-refractivity contribution in [1.82, 2.24) is 10.8 Å². The van der Waals surface area contributed by atoms with Crippen molar-refractivity contribution in [3.05, 3.63) is 47.6 Å². The van der Waals surface area contributed by atoms with Crippen LogP contribution in [0.3, 0.4) is 0 Å². The van der Waals surface area contributed by atoms with E-state index in [4.69, 9.17) is 14.3 Å². The van der Waals surface area contributed by atoms with Gasteiger partial charge < -0.3 is 25.0 Å². The maximum Gasteiger partial charge on any atom is 0.342 e. The van der Waals surface area contributed by atoms with Crippen LogP contribution in [0.5, 0.6) is 11.5 Å². The molecule has 1 amide bonds. The summed E-state index contributed by atoms with van der Waals surface area (Å²) < 4.78 is 11.7. The van der Waals surface area contributed by atoms with Gasteiger partial charge in [-0.2, -0.15) is 0 Å². The number of carbonyl (C=O) groups excluding carboxylic acids is 3. The molecule has 0 saturated heterocycles. The number of aromatic hydroxyl groups is 2. The standard InChI is InChI=1S/C34H50N2O8/c1-24-11-8-15-30(42-18-10-17-35-25(2)37)16-9-12-26(19-28-20-29(38)21-31(39)33(28)34(41)44-24)22-36-43-23-32(40)27-13-6-4-3-5-7-14-27/h8-9,12,15,20-21,24,26-27,30,36,38-39H,3-7,10-11,13-14,16-19,22-23H2,1-2H3,(H,35,37)/b12-9+,15-8+/t24-,26?,30?/m1/s1. The molecule has 0 bridgehead atoms. The van der Waals surface area contributed by atoms with Crippen LogP contribution < -0.4 is 10.8 Å². The second-order valence-corrected chi connectivity index (χ2v) is 11.9. The number of fused-ring (bicyclic) bond motifs is 1. The van der Waals surface area contributed by atoms with Gasteiger partial charge in [0.1, 0.15) is 29.8 Å². The lowest BCUT2D eigenvalue weighted by molar-refractivity contribution is -0.131. The molecule has 1 saturated carbocycles. The van der Waals surface area contributed by atoms with E-state index in [0.717, 1.165) is 31.7 Å². The molecule has 2 unspecified atom stereocenters. The zero-order chi connectivity index (χ0) is 31.7. The number of rotatable bonds is 11. The third-order valence-electron chi connectivity index (χ3n) is 8.02. The van der Waals surface area contributed by atoms with Gasteiger partial charge in [0.25, 0.3) is 0 Å². The molecule has 1 aliphatic heterocycles. The molecule has 244 valence electrons. The average Bonchev–Trinajstić information content (AvgIpc) is 2.93. The Balaban J connectivity index is 1.71. The molecule has 1 aromatic carbocycles. The summed E-state index contributed by atoms with van der Waals surface area (Å²) in [4.78, 5) is 42.7. The largest absolute Gasteiger partial charge is 0.508 e. The summed E-state index contributed by atoms with van der Waals surface area (Å²) in [6.45, 7) is 4.57. The van der Waals surface area contributed by atoms with Gasteiger partial charge >= 0.3 is 5.97 Å². The van der Waals surface area contributed by atoms with Gasteiger partial charge in [-0.05, 0) is 56.6 Å². The minimum atomic E-state index is -0.669. The number of ether oxygens (including phenoxy) is 2. The Morgan fingerprint density at radius 3 is 2.50 bits per heavy atom. The van der Waals surface area contributed by atoms with Crippen molar-refractivity contribution >= 4 is 17.7 Å². The highest BCUT2D eigenvalue weighted by Gasteiger charge is 2.24. The van der Waals surface area contributed by atoms with Crippen LogP contribution in [-0.4, -0.2) is 66.4 Å². The first-order valence-corrected chi connectivity index (χ1v) is 16.1. The summed E-state index contributed by atoms with van der Waals surface area (Å²) in [6, 6.07) is 2.60. The lowest BCUT2D eigenvalue weighted by atomic mass is 9.88. The Morgan fingerprint density at radius 1 is 1.02 bits per heavy atom. The lowest BCUT2D eigenvalue weighted by Gasteiger charge is -2.20. The smallest absolute Gasteiger partial charge is 0.342 e. The Hall–Kier alpha value is -3.21. The van der Waals surface area contributed by atoms with Crippen LogP contribution in [0.2, 0.25) is 0 Å². The second-order valence-electron chi connectivity index (χ2n) is 11.9. The fourth-order valence-corrected chi connectivity index (χ4v) is 5.63. The minimum Gasteiger partial charge on any atom is -0.508 e. The van der Waals surface area contributed by atoms with E-state index in [1.165, 1.54) is 32.3 Å². The minimum absolute atomic E-state index is 0.0112. The van der Waals surface area contributed by atoms with Crippen LogP contribution in [0.1, 0.15) is 94.0 Å². The molecule has 0 aromatic heterocycles. The molecule has 3 rings (SSSR count). The Labute approximate surface area is 261 Å². The Bertz CT molecular complexity index is 1130. The van der Waals surface area contributed by atoms with E-state index in [9.17, 15) is 24.6 Å². The second kappa shape index (κ2) is 19.2. The number of nitrogens with one attached hydrogen (secondary N) is 2. The normalized spacial score (nSPS) is 23.7. The number of amides is 1. The molecule has 0 spiro atoms. The van der Waals surface area contributed by atoms with Gasteiger partial charge in [0, 0.05) is 45.0 Å². The monoisotopic (exact) mass is 614 g/mol. The van der Waals surface area contributed by atoms with E-state index >= 15 is 0 Å². The number of esters is 1. The predicted octanol–water partition coefficient (Wildman–Crippen LogP) is 5.07. The lowest BCUT2D eigenvalue weighted by Crippen LogP contribution is -2.29. The summed E-state index contributed by atoms with van der Waals surface area (Å²) in [5, 5.41) is 23.6. The fraction of sp³-hybridized carbons (Fsp3) is 0.618. The van der Waals surface area contributed by atoms with Gasteiger partial charge in [-0.1, -0.05) is 56.4 Å². The van der Waals surface area contributed by atoms with E-state index in [0.29, 0.717) is 50.9 Å². The van der Waals surface area contributed by atoms with Gasteiger partial charge in [-0.15, -0.1) is 0 Å². The highest BCUT2D eigenvalue weighted by atomic mass is 16.6. The number of ketones is 1. The Morgan fingerprint density at radius 2 is 1.75 bits per heavy atom. The molecule has 1 aliphatic carbocycles. The number of Topliss-reactive ketones (excluding diaryl/α,β-unsaturated/α-hetero) is 1. The van der Waals surface area contributed by atoms with Crippen LogP contribution in [0.15, 0.2) is 36.4 Å². The molecule has 4 N–H and O–H groups in total. The molecule has 1 fully saturated rings. The van der Waals surface area contributed by atoms with Crippen LogP contribution >= 0.6 is 0 Å². The van der Waals surface area contributed by atoms with Gasteiger partial charge in [0.05, 0.1) is 6.10 Å². The van der Waals surface area contributed by atoms with Crippen LogP contribution in [0.4, 0.5) is 0 Å². The number of hydrogen-bond donors (Lipinski definition) is 4. The summed E-state index contributed by atoms with van der Waals surface area (Å²) in [6.07, 6.45) is 16.7. The fourth-order valence-electron chi connectivity index (χ4n) is 5.63. The van der Waals surface area contributed by atoms with E-state index < -0.39 is 12.1 Å². The van der Waals surface area contributed by atoms with E-state index in [1.807, 2.05) is 24.3 Å². The van der Waals surface area contributed by atoms with E-state index in [-0.39, 0.29) is 53.3 Å². The maximum absolute atomic E-state index is 13.1. The van der Waals surface area contributed by atoms with Crippen molar-refractivity contribution in [2.24, 2.45) is 11.8 Å². The molecule has 10 nitrogen and oxygen atoms in total. The first kappa shape index (κ1) is 35.3. The molecule has 2 aliphatic rings. The van der Waals surface area contributed by atoms with E-state index in [2.05, 4.69) is 10.8 Å². The first-order chi connectivity index (χ1) is 21.2. The topological polar surface area (TPSA) is 143 Å². The van der Waals surface area contributed by atoms with Gasteiger partial charge in [-0.3, -0.25) is 14.4 Å². The van der Waals surface area contributed by atoms with Crippen molar-refractivity contribution in [2.45, 2.75) is 96.7 Å². The zero-order valence-corrected chi connectivity index (χ0v) is 26.2. The van der Waals surface area contributed by atoms with Crippen molar-refractivity contribution in [3.8, 4) is 11.5 Å². The maximum atomic E-state index is 13.1. The first-order valence-electron chi connectivity index (χ1n) is 16.1. The van der Waals surface area contributed by atoms with Gasteiger partial charge in [-0.25, -0.2) is 10.3 Å². The predicted molar refractivity (Wildman–Crippen MR) is 167 cm³/mol. The van der Waals surface area contributed by atoms with Crippen molar-refractivity contribution in [1.29, 1.82) is 0 Å². The number of phenols is 2. The Kier molecular flexibility index (Phi) is 15.4. The third kappa shape index (κ3) is 12.8. The molecule has 0 radical (unpaired) electrons. The van der Waals surface area contributed by atoms with Crippen molar-refractivity contribution in [2.75, 3.05) is 26.3 Å². The van der Waals surface area contributed by atoms with Gasteiger partial charge in [0.15, 0.2) is 5.78 Å². The summed E-state index contributed by atoms with van der Waals surface area (Å²) >= 11 is 0. The summed E-state index contributed by atoms with van der Waals surface area (Å²) in [5.41, 5.74) is 3.41. The number of phenolic OH excluding ortho intramolecular Hbond substituents is 2. The van der Waals surface area contributed by atoms with Crippen molar-refractivity contribution in [3.63, 3.8) is 0 Å². The molecule has 44 heavy (non-hydrogen) atoms. The van der Waals surface area contributed by atoms with Crippen molar-refractivity contribution < 1.29 is 38.9 Å². The summed E-state index contributed by atoms with van der Waals surface area (Å²) in [7, 11) is 0. The summed E-state index contributed by atoms with van der Waals surface area (Å²) in [5.74, 6) is -1.31. The molecule has 3 atom stereocenters. The number of hydroxylamine groups is 1. The number of carbonyl (C=O) groups is 3. The highest BCUT2D eigenvalue weighted by Crippen LogP contribution is 2.31. The molecule has 10 heteroatoms.